The van der Waals surface area contributed by atoms with E-state index in [1.54, 1.807) is 37.3 Å². The summed E-state index contributed by atoms with van der Waals surface area (Å²) in [6.45, 7) is 3.84. The van der Waals surface area contributed by atoms with Crippen LogP contribution in [0.4, 0.5) is 9.59 Å². The van der Waals surface area contributed by atoms with Gasteiger partial charge in [-0.05, 0) is 18.4 Å². The highest BCUT2D eigenvalue weighted by Crippen LogP contribution is 2.33. The molecule has 0 radical (unpaired) electrons. The first-order valence-electron chi connectivity index (χ1n) is 9.63. The standard InChI is InChI=1S/C20H27N3O6.ClH/c1-3-5-11-28-13-15(29-18(21)26)12-23-17(25)20(4-2,16(24)22-19(23)27)14-9-7-6-8-10-14;/h6-10,15H,3-5,11-13H2,1-2H3,(H2,21,26)(H,22,24,27);1H. The molecule has 0 spiro atoms. The van der Waals surface area contributed by atoms with E-state index in [-0.39, 0.29) is 32.0 Å². The van der Waals surface area contributed by atoms with Crippen LogP contribution in [0.15, 0.2) is 30.3 Å². The molecule has 1 aliphatic heterocycles. The number of carbonyl (C=O) groups is 4. The molecule has 0 aliphatic carbocycles. The smallest absolute Gasteiger partial charge is 0.404 e. The molecule has 1 aliphatic rings. The highest BCUT2D eigenvalue weighted by molar-refractivity contribution is 6.22. The van der Waals surface area contributed by atoms with Crippen LogP contribution in [0.25, 0.3) is 0 Å². The topological polar surface area (TPSA) is 128 Å². The number of rotatable bonds is 10. The van der Waals surface area contributed by atoms with Crippen molar-refractivity contribution in [2.45, 2.75) is 44.6 Å². The number of hydrogen-bond donors (Lipinski definition) is 2. The van der Waals surface area contributed by atoms with E-state index in [0.717, 1.165) is 17.7 Å². The summed E-state index contributed by atoms with van der Waals surface area (Å²) in [5, 5.41) is 2.25. The molecule has 10 heteroatoms. The van der Waals surface area contributed by atoms with E-state index in [0.29, 0.717) is 12.2 Å². The zero-order valence-corrected chi connectivity index (χ0v) is 17.9. The Hall–Kier alpha value is -2.65. The monoisotopic (exact) mass is 441 g/mol. The Morgan fingerprint density at radius 2 is 1.87 bits per heavy atom. The number of carbonyl (C=O) groups excluding carboxylic acids is 4. The number of primary amides is 1. The van der Waals surface area contributed by atoms with Gasteiger partial charge in [-0.3, -0.25) is 19.8 Å². The number of ether oxygens (including phenoxy) is 2. The van der Waals surface area contributed by atoms with Crippen molar-refractivity contribution in [3.05, 3.63) is 35.9 Å². The first-order chi connectivity index (χ1) is 13.9. The van der Waals surface area contributed by atoms with Crippen molar-refractivity contribution in [3.8, 4) is 0 Å². The maximum Gasteiger partial charge on any atom is 0.404 e. The van der Waals surface area contributed by atoms with Gasteiger partial charge in [0.2, 0.25) is 5.91 Å². The second-order valence-electron chi connectivity index (χ2n) is 6.79. The van der Waals surface area contributed by atoms with Crippen molar-refractivity contribution in [1.29, 1.82) is 0 Å². The summed E-state index contributed by atoms with van der Waals surface area (Å²) in [5.74, 6) is -1.35. The summed E-state index contributed by atoms with van der Waals surface area (Å²) in [7, 11) is 0. The number of urea groups is 1. The van der Waals surface area contributed by atoms with Gasteiger partial charge in [0.15, 0.2) is 5.41 Å². The molecule has 30 heavy (non-hydrogen) atoms. The molecule has 5 amide bonds. The third-order valence-electron chi connectivity index (χ3n) is 4.88. The van der Waals surface area contributed by atoms with Gasteiger partial charge >= 0.3 is 12.1 Å². The van der Waals surface area contributed by atoms with Crippen LogP contribution in [-0.2, 0) is 24.5 Å². The fraction of sp³-hybridized carbons (Fsp3) is 0.500. The van der Waals surface area contributed by atoms with Crippen LogP contribution in [-0.4, -0.2) is 54.7 Å². The molecule has 1 aromatic rings. The lowest BCUT2D eigenvalue weighted by atomic mass is 9.74. The van der Waals surface area contributed by atoms with Gasteiger partial charge in [-0.2, -0.15) is 0 Å². The normalized spacial score (nSPS) is 19.7. The molecule has 2 rings (SSSR count). The summed E-state index contributed by atoms with van der Waals surface area (Å²) in [6, 6.07) is 7.67. The van der Waals surface area contributed by atoms with E-state index in [9.17, 15) is 19.2 Å². The Balaban J connectivity index is 0.00000450. The molecule has 9 nitrogen and oxygen atoms in total. The van der Waals surface area contributed by atoms with Gasteiger partial charge in [0.05, 0.1) is 13.2 Å². The Labute approximate surface area is 181 Å². The second-order valence-corrected chi connectivity index (χ2v) is 6.79. The molecular formula is C20H28ClN3O6. The fourth-order valence-electron chi connectivity index (χ4n) is 3.30. The molecular weight excluding hydrogens is 414 g/mol. The first-order valence-corrected chi connectivity index (χ1v) is 9.63. The number of nitrogens with two attached hydrogens (primary N) is 1. The van der Waals surface area contributed by atoms with E-state index >= 15 is 0 Å². The zero-order chi connectivity index (χ0) is 21.4. The number of nitrogens with zero attached hydrogens (tertiary/aromatic N) is 1. The Morgan fingerprint density at radius 3 is 2.43 bits per heavy atom. The predicted octanol–water partition coefficient (Wildman–Crippen LogP) is 2.12. The molecule has 0 saturated carbocycles. The van der Waals surface area contributed by atoms with Crippen molar-refractivity contribution in [1.82, 2.24) is 10.2 Å². The number of unbranched alkanes of at least 4 members (excludes halogenated alkanes) is 1. The van der Waals surface area contributed by atoms with Crippen LogP contribution >= 0.6 is 12.4 Å². The maximum absolute atomic E-state index is 13.3. The van der Waals surface area contributed by atoms with Crippen LogP contribution in [0.2, 0.25) is 0 Å². The van der Waals surface area contributed by atoms with Gasteiger partial charge in [-0.1, -0.05) is 50.6 Å². The lowest BCUT2D eigenvalue weighted by Gasteiger charge is -2.39. The summed E-state index contributed by atoms with van der Waals surface area (Å²) in [6.07, 6.45) is -0.0994. The van der Waals surface area contributed by atoms with Crippen molar-refractivity contribution in [3.63, 3.8) is 0 Å². The molecule has 0 bridgehead atoms. The van der Waals surface area contributed by atoms with Crippen molar-refractivity contribution < 1.29 is 28.7 Å². The molecule has 1 saturated heterocycles. The third-order valence-corrected chi connectivity index (χ3v) is 4.88. The van der Waals surface area contributed by atoms with Crippen molar-refractivity contribution in [2.75, 3.05) is 19.8 Å². The summed E-state index contributed by atoms with van der Waals surface area (Å²) in [4.78, 5) is 50.6. The molecule has 1 fully saturated rings. The van der Waals surface area contributed by atoms with E-state index in [1.165, 1.54) is 0 Å². The van der Waals surface area contributed by atoms with Gasteiger partial charge in [0.25, 0.3) is 5.91 Å². The van der Waals surface area contributed by atoms with Gasteiger partial charge in [-0.25, -0.2) is 9.59 Å². The van der Waals surface area contributed by atoms with Gasteiger partial charge in [-0.15, -0.1) is 12.4 Å². The van der Waals surface area contributed by atoms with Crippen LogP contribution < -0.4 is 11.1 Å². The largest absolute Gasteiger partial charge is 0.442 e. The average molecular weight is 442 g/mol. The SMILES string of the molecule is CCCCOCC(CN1C(=O)NC(=O)C(CC)(c2ccccc2)C1=O)OC(N)=O.Cl. The Morgan fingerprint density at radius 1 is 1.20 bits per heavy atom. The van der Waals surface area contributed by atoms with E-state index in [2.05, 4.69) is 5.32 Å². The molecule has 0 aromatic heterocycles. The lowest BCUT2D eigenvalue weighted by molar-refractivity contribution is -0.146. The molecule has 2 unspecified atom stereocenters. The Bertz CT molecular complexity index is 760. The van der Waals surface area contributed by atoms with E-state index < -0.39 is 35.5 Å². The van der Waals surface area contributed by atoms with Crippen LogP contribution in [0, 0.1) is 0 Å². The number of barbiturate groups is 1. The highest BCUT2D eigenvalue weighted by Gasteiger charge is 2.54. The minimum absolute atomic E-state index is 0. The van der Waals surface area contributed by atoms with Gasteiger partial charge < -0.3 is 15.2 Å². The first kappa shape index (κ1) is 25.4. The lowest BCUT2D eigenvalue weighted by Crippen LogP contribution is -2.67. The summed E-state index contributed by atoms with van der Waals surface area (Å²) < 4.78 is 10.5. The maximum atomic E-state index is 13.3. The summed E-state index contributed by atoms with van der Waals surface area (Å²) >= 11 is 0. The minimum atomic E-state index is -1.55. The van der Waals surface area contributed by atoms with Crippen LogP contribution in [0.1, 0.15) is 38.7 Å². The van der Waals surface area contributed by atoms with Gasteiger partial charge in [0, 0.05) is 6.61 Å². The number of benzene rings is 1. The second kappa shape index (κ2) is 11.5. The average Bonchev–Trinajstić information content (AvgIpc) is 2.69. The molecule has 1 heterocycles. The van der Waals surface area contributed by atoms with Crippen molar-refractivity contribution >= 4 is 36.3 Å². The number of hydrogen-bond acceptors (Lipinski definition) is 6. The third kappa shape index (κ3) is 5.48. The fourth-order valence-corrected chi connectivity index (χ4v) is 3.30. The molecule has 2 atom stereocenters. The van der Waals surface area contributed by atoms with Crippen LogP contribution in [0.3, 0.4) is 0 Å². The molecule has 3 N–H and O–H groups in total. The van der Waals surface area contributed by atoms with Crippen LogP contribution in [0.5, 0.6) is 0 Å². The number of imide groups is 2. The quantitative estimate of drug-likeness (QED) is 0.422. The minimum Gasteiger partial charge on any atom is -0.442 e. The molecule has 166 valence electrons. The predicted molar refractivity (Wildman–Crippen MR) is 111 cm³/mol. The Kier molecular flexibility index (Phi) is 9.74. The zero-order valence-electron chi connectivity index (χ0n) is 17.1. The number of nitrogens with one attached hydrogen (secondary N) is 1. The van der Waals surface area contributed by atoms with E-state index in [1.807, 2.05) is 6.92 Å². The van der Waals surface area contributed by atoms with E-state index in [4.69, 9.17) is 15.2 Å². The highest BCUT2D eigenvalue weighted by atomic mass is 35.5. The van der Waals surface area contributed by atoms with Crippen molar-refractivity contribution in [2.24, 2.45) is 5.73 Å². The van der Waals surface area contributed by atoms with Gasteiger partial charge in [0.1, 0.15) is 6.10 Å². The molecule has 1 aromatic carbocycles. The number of amides is 5. The number of halogens is 1. The summed E-state index contributed by atoms with van der Waals surface area (Å²) in [5.41, 5.74) is 4.05.